The largest absolute Gasteiger partial charge is 0.491 e. The van der Waals surface area contributed by atoms with Gasteiger partial charge in [-0.25, -0.2) is 0 Å². The van der Waals surface area contributed by atoms with Crippen molar-refractivity contribution in [2.75, 3.05) is 6.61 Å². The van der Waals surface area contributed by atoms with Crippen molar-refractivity contribution < 1.29 is 4.74 Å². The van der Waals surface area contributed by atoms with E-state index in [0.717, 1.165) is 18.4 Å². The predicted molar refractivity (Wildman–Crippen MR) is 71.4 cm³/mol. The number of hydrogen-bond donors (Lipinski definition) is 1. The molecule has 0 heterocycles. The molecule has 1 fully saturated rings. The second-order valence-electron chi connectivity index (χ2n) is 5.10. The molecule has 0 aliphatic heterocycles. The highest BCUT2D eigenvalue weighted by Crippen LogP contribution is 2.49. The molecule has 2 rings (SSSR count). The van der Waals surface area contributed by atoms with E-state index in [4.69, 9.17) is 27.3 Å². The Morgan fingerprint density at radius 1 is 1.56 bits per heavy atom. The van der Waals surface area contributed by atoms with E-state index >= 15 is 0 Å². The van der Waals surface area contributed by atoms with Crippen LogP contribution in [0.1, 0.15) is 37.8 Å². The summed E-state index contributed by atoms with van der Waals surface area (Å²) in [5.41, 5.74) is 6.85. The number of rotatable bonds is 5. The number of nitrogens with zero attached hydrogens (tertiary/aromatic N) is 1. The van der Waals surface area contributed by atoms with Crippen molar-refractivity contribution in [1.82, 2.24) is 0 Å². The molecule has 18 heavy (non-hydrogen) atoms. The molecule has 0 spiro atoms. The Hall–Kier alpha value is -1.24. The summed E-state index contributed by atoms with van der Waals surface area (Å²) >= 11 is 6.15. The van der Waals surface area contributed by atoms with Crippen LogP contribution in [-0.4, -0.2) is 6.61 Å². The van der Waals surface area contributed by atoms with Gasteiger partial charge in [-0.05, 0) is 37.5 Å². The van der Waals surface area contributed by atoms with Crippen molar-refractivity contribution in [3.8, 4) is 11.8 Å². The number of benzene rings is 1. The monoisotopic (exact) mass is 264 g/mol. The number of hydrogen-bond acceptors (Lipinski definition) is 3. The zero-order valence-corrected chi connectivity index (χ0v) is 11.2. The van der Waals surface area contributed by atoms with Gasteiger partial charge in [0.2, 0.25) is 0 Å². The molecular weight excluding hydrogens is 248 g/mol. The van der Waals surface area contributed by atoms with E-state index < -0.39 is 0 Å². The Morgan fingerprint density at radius 2 is 2.28 bits per heavy atom. The Balaban J connectivity index is 2.00. The third kappa shape index (κ3) is 2.95. The first-order valence-corrected chi connectivity index (χ1v) is 6.49. The minimum Gasteiger partial charge on any atom is -0.491 e. The van der Waals surface area contributed by atoms with Gasteiger partial charge in [-0.15, -0.1) is 0 Å². The predicted octanol–water partition coefficient (Wildman–Crippen LogP) is 3.43. The summed E-state index contributed by atoms with van der Waals surface area (Å²) in [6, 6.07) is 7.79. The lowest BCUT2D eigenvalue weighted by Crippen LogP contribution is -2.12. The molecule has 0 aromatic heterocycles. The molecule has 1 aromatic rings. The molecule has 0 bridgehead atoms. The molecule has 0 amide bonds. The third-order valence-corrected chi connectivity index (χ3v) is 3.72. The van der Waals surface area contributed by atoms with Gasteiger partial charge in [-0.3, -0.25) is 0 Å². The van der Waals surface area contributed by atoms with Crippen LogP contribution in [0.15, 0.2) is 18.2 Å². The Morgan fingerprint density at radius 3 is 2.78 bits per heavy atom. The molecule has 0 unspecified atom stereocenters. The van der Waals surface area contributed by atoms with Gasteiger partial charge in [-0.2, -0.15) is 5.26 Å². The van der Waals surface area contributed by atoms with Gasteiger partial charge >= 0.3 is 0 Å². The lowest BCUT2D eigenvalue weighted by atomic mass is 10.1. The molecule has 96 valence electrons. The molecule has 0 radical (unpaired) electrons. The molecule has 0 saturated heterocycles. The van der Waals surface area contributed by atoms with Crippen LogP contribution in [0.5, 0.6) is 5.75 Å². The number of ether oxygens (including phenoxy) is 1. The van der Waals surface area contributed by atoms with E-state index in [-0.39, 0.29) is 11.5 Å². The van der Waals surface area contributed by atoms with Crippen molar-refractivity contribution in [3.63, 3.8) is 0 Å². The van der Waals surface area contributed by atoms with Gasteiger partial charge < -0.3 is 10.5 Å². The first-order valence-electron chi connectivity index (χ1n) is 6.11. The normalized spacial score (nSPS) is 17.9. The maximum atomic E-state index is 8.75. The van der Waals surface area contributed by atoms with Crippen molar-refractivity contribution >= 4 is 11.6 Å². The molecule has 4 heteroatoms. The molecule has 3 nitrogen and oxygen atoms in total. The fourth-order valence-corrected chi connectivity index (χ4v) is 2.11. The van der Waals surface area contributed by atoms with Crippen LogP contribution in [0.4, 0.5) is 0 Å². The van der Waals surface area contributed by atoms with Crippen LogP contribution < -0.4 is 10.5 Å². The maximum Gasteiger partial charge on any atom is 0.137 e. The lowest BCUT2D eigenvalue weighted by Gasteiger charge is -2.15. The highest BCUT2D eigenvalue weighted by Gasteiger charge is 2.43. The molecule has 1 aliphatic rings. The standard InChI is InChI=1S/C14H17ClN2O/c1-10(17)11-2-3-13(12(15)8-11)18-9-14(4-5-14)6-7-16/h2-3,8,10H,4-6,9,17H2,1H3/t10-/m0/s1. The molecular formula is C14H17ClN2O. The summed E-state index contributed by atoms with van der Waals surface area (Å²) in [6.45, 7) is 2.48. The van der Waals surface area contributed by atoms with Crippen LogP contribution >= 0.6 is 11.6 Å². The summed E-state index contributed by atoms with van der Waals surface area (Å²) in [7, 11) is 0. The second kappa shape index (κ2) is 5.17. The van der Waals surface area contributed by atoms with Gasteiger partial charge in [0, 0.05) is 17.9 Å². The third-order valence-electron chi connectivity index (χ3n) is 3.43. The van der Waals surface area contributed by atoms with Crippen LogP contribution in [0, 0.1) is 16.7 Å². The van der Waals surface area contributed by atoms with Crippen molar-refractivity contribution in [3.05, 3.63) is 28.8 Å². The quantitative estimate of drug-likeness (QED) is 0.886. The van der Waals surface area contributed by atoms with E-state index in [0.29, 0.717) is 23.8 Å². The van der Waals surface area contributed by atoms with Gasteiger partial charge in [0.1, 0.15) is 5.75 Å². The molecule has 1 atom stereocenters. The zero-order chi connectivity index (χ0) is 13.2. The Kier molecular flexibility index (Phi) is 3.79. The Bertz CT molecular complexity index is 475. The van der Waals surface area contributed by atoms with Crippen LogP contribution in [0.25, 0.3) is 0 Å². The van der Waals surface area contributed by atoms with E-state index in [9.17, 15) is 0 Å². The van der Waals surface area contributed by atoms with Crippen molar-refractivity contribution in [2.24, 2.45) is 11.1 Å². The fraction of sp³-hybridized carbons (Fsp3) is 0.500. The van der Waals surface area contributed by atoms with Gasteiger partial charge in [0.25, 0.3) is 0 Å². The highest BCUT2D eigenvalue weighted by molar-refractivity contribution is 6.32. The lowest BCUT2D eigenvalue weighted by molar-refractivity contribution is 0.237. The highest BCUT2D eigenvalue weighted by atomic mass is 35.5. The molecule has 1 aromatic carbocycles. The summed E-state index contributed by atoms with van der Waals surface area (Å²) in [6.07, 6.45) is 2.69. The average molecular weight is 265 g/mol. The summed E-state index contributed by atoms with van der Waals surface area (Å²) in [4.78, 5) is 0. The van der Waals surface area contributed by atoms with E-state index in [1.807, 2.05) is 25.1 Å². The first kappa shape index (κ1) is 13.2. The van der Waals surface area contributed by atoms with E-state index in [1.165, 1.54) is 0 Å². The minimum absolute atomic E-state index is 0.0371. The summed E-state index contributed by atoms with van der Waals surface area (Å²) in [5, 5.41) is 9.33. The van der Waals surface area contributed by atoms with Crippen molar-refractivity contribution in [2.45, 2.75) is 32.2 Å². The smallest absolute Gasteiger partial charge is 0.137 e. The minimum atomic E-state index is -0.0371. The van der Waals surface area contributed by atoms with Crippen LogP contribution in [0.2, 0.25) is 5.02 Å². The maximum absolute atomic E-state index is 8.75. The van der Waals surface area contributed by atoms with Crippen LogP contribution in [0.3, 0.4) is 0 Å². The summed E-state index contributed by atoms with van der Waals surface area (Å²) < 4.78 is 5.73. The van der Waals surface area contributed by atoms with Crippen LogP contribution in [-0.2, 0) is 0 Å². The zero-order valence-electron chi connectivity index (χ0n) is 10.4. The van der Waals surface area contributed by atoms with Gasteiger partial charge in [0.15, 0.2) is 0 Å². The average Bonchev–Trinajstić information content (AvgIpc) is 3.08. The molecule has 2 N–H and O–H groups in total. The number of nitriles is 1. The van der Waals surface area contributed by atoms with Crippen molar-refractivity contribution in [1.29, 1.82) is 5.26 Å². The van der Waals surface area contributed by atoms with Gasteiger partial charge in [-0.1, -0.05) is 17.7 Å². The Labute approximate surface area is 112 Å². The van der Waals surface area contributed by atoms with E-state index in [2.05, 4.69) is 6.07 Å². The second-order valence-corrected chi connectivity index (χ2v) is 5.51. The summed E-state index contributed by atoms with van der Waals surface area (Å²) in [5.74, 6) is 0.672. The number of nitrogens with two attached hydrogens (primary N) is 1. The molecule has 1 aliphatic carbocycles. The van der Waals surface area contributed by atoms with E-state index in [1.54, 1.807) is 0 Å². The molecule has 1 saturated carbocycles. The fourth-order valence-electron chi connectivity index (χ4n) is 1.86. The SMILES string of the molecule is C[C@H](N)c1ccc(OCC2(CC#N)CC2)c(Cl)c1. The number of halogens is 1. The topological polar surface area (TPSA) is 59.0 Å². The van der Waals surface area contributed by atoms with Gasteiger partial charge in [0.05, 0.1) is 17.7 Å². The first-order chi connectivity index (χ1) is 8.56.